The van der Waals surface area contributed by atoms with E-state index in [-0.39, 0.29) is 22.6 Å². The zero-order chi connectivity index (χ0) is 18.0. The molecule has 1 aliphatic heterocycles. The van der Waals surface area contributed by atoms with Crippen molar-refractivity contribution in [3.63, 3.8) is 0 Å². The summed E-state index contributed by atoms with van der Waals surface area (Å²) in [6, 6.07) is 11.8. The molecule has 0 saturated carbocycles. The second-order valence-electron chi connectivity index (χ2n) is 7.32. The van der Waals surface area contributed by atoms with Crippen LogP contribution in [0.5, 0.6) is 0 Å². The first-order chi connectivity index (χ1) is 11.9. The zero-order valence-electron chi connectivity index (χ0n) is 15.1. The largest absolute Gasteiger partial charge is 0.350 e. The monoisotopic (exact) mass is 339 g/mol. The first kappa shape index (κ1) is 17.4. The number of rotatable bonds is 4. The SMILES string of the molecule is Cc1ccc(C(=O)NCC(C)(C)N2CCc3ccccc3C2)c(=O)[nH]1. The van der Waals surface area contributed by atoms with Crippen LogP contribution in [0.25, 0.3) is 0 Å². The summed E-state index contributed by atoms with van der Waals surface area (Å²) in [4.78, 5) is 29.3. The van der Waals surface area contributed by atoms with Gasteiger partial charge in [0.05, 0.1) is 0 Å². The van der Waals surface area contributed by atoms with Gasteiger partial charge in [0.25, 0.3) is 11.5 Å². The van der Waals surface area contributed by atoms with Crippen LogP contribution in [0.1, 0.15) is 41.0 Å². The second kappa shape index (κ2) is 6.84. The van der Waals surface area contributed by atoms with E-state index in [0.29, 0.717) is 6.54 Å². The molecular formula is C20H25N3O2. The van der Waals surface area contributed by atoms with Crippen LogP contribution in [0.2, 0.25) is 0 Å². The van der Waals surface area contributed by atoms with Gasteiger partial charge < -0.3 is 10.3 Å². The van der Waals surface area contributed by atoms with Crippen molar-refractivity contribution in [2.24, 2.45) is 0 Å². The van der Waals surface area contributed by atoms with Gasteiger partial charge in [-0.15, -0.1) is 0 Å². The standard InChI is InChI=1S/C20H25N3O2/c1-14-8-9-17(19(25)22-14)18(24)21-13-20(2,3)23-11-10-15-6-4-5-7-16(15)12-23/h4-9H,10-13H2,1-3H3,(H,21,24)(H,22,25). The number of nitrogens with zero attached hydrogens (tertiary/aromatic N) is 1. The minimum atomic E-state index is -0.345. The molecule has 5 heteroatoms. The van der Waals surface area contributed by atoms with Crippen molar-refractivity contribution in [3.05, 3.63) is 69.1 Å². The lowest BCUT2D eigenvalue weighted by atomic mass is 9.94. The van der Waals surface area contributed by atoms with Gasteiger partial charge in [-0.2, -0.15) is 0 Å². The lowest BCUT2D eigenvalue weighted by Crippen LogP contribution is -2.53. The number of nitrogens with one attached hydrogen (secondary N) is 2. The molecule has 0 bridgehead atoms. The summed E-state index contributed by atoms with van der Waals surface area (Å²) in [6.45, 7) is 8.37. The van der Waals surface area contributed by atoms with Gasteiger partial charge in [-0.3, -0.25) is 14.5 Å². The average Bonchev–Trinajstić information content (AvgIpc) is 2.59. The smallest absolute Gasteiger partial charge is 0.260 e. The Labute approximate surface area is 148 Å². The highest BCUT2D eigenvalue weighted by molar-refractivity contribution is 5.93. The molecule has 132 valence electrons. The van der Waals surface area contributed by atoms with E-state index in [0.717, 1.165) is 25.2 Å². The lowest BCUT2D eigenvalue weighted by Gasteiger charge is -2.41. The van der Waals surface area contributed by atoms with Crippen LogP contribution in [-0.4, -0.2) is 34.4 Å². The fourth-order valence-corrected chi connectivity index (χ4v) is 3.27. The van der Waals surface area contributed by atoms with Gasteiger partial charge in [-0.1, -0.05) is 24.3 Å². The van der Waals surface area contributed by atoms with Crippen LogP contribution < -0.4 is 10.9 Å². The Morgan fingerprint density at radius 3 is 2.64 bits per heavy atom. The van der Waals surface area contributed by atoms with Gasteiger partial charge in [0.1, 0.15) is 5.56 Å². The predicted molar refractivity (Wildman–Crippen MR) is 98.8 cm³/mol. The molecule has 1 aromatic heterocycles. The number of pyridine rings is 1. The normalized spacial score (nSPS) is 14.8. The van der Waals surface area contributed by atoms with Gasteiger partial charge >= 0.3 is 0 Å². The van der Waals surface area contributed by atoms with E-state index in [4.69, 9.17) is 0 Å². The third-order valence-electron chi connectivity index (χ3n) is 4.97. The number of hydrogen-bond donors (Lipinski definition) is 2. The highest BCUT2D eigenvalue weighted by Gasteiger charge is 2.30. The van der Waals surface area contributed by atoms with E-state index in [1.165, 1.54) is 11.1 Å². The molecule has 0 saturated heterocycles. The lowest BCUT2D eigenvalue weighted by molar-refractivity contribution is 0.0825. The van der Waals surface area contributed by atoms with Crippen molar-refractivity contribution >= 4 is 5.91 Å². The van der Waals surface area contributed by atoms with Crippen molar-refractivity contribution in [2.45, 2.75) is 39.3 Å². The van der Waals surface area contributed by atoms with Gasteiger partial charge in [0.15, 0.2) is 0 Å². The Balaban J connectivity index is 1.66. The molecule has 0 unspecified atom stereocenters. The number of fused-ring (bicyclic) bond motifs is 1. The molecule has 3 rings (SSSR count). The maximum atomic E-state index is 12.4. The highest BCUT2D eigenvalue weighted by Crippen LogP contribution is 2.24. The number of hydrogen-bond acceptors (Lipinski definition) is 3. The quantitative estimate of drug-likeness (QED) is 0.898. The molecule has 0 spiro atoms. The fraction of sp³-hybridized carbons (Fsp3) is 0.400. The maximum absolute atomic E-state index is 12.4. The molecule has 2 heterocycles. The Morgan fingerprint density at radius 2 is 1.92 bits per heavy atom. The van der Waals surface area contributed by atoms with Crippen molar-refractivity contribution in [3.8, 4) is 0 Å². The van der Waals surface area contributed by atoms with E-state index >= 15 is 0 Å². The Kier molecular flexibility index (Phi) is 4.77. The van der Waals surface area contributed by atoms with Crippen LogP contribution >= 0.6 is 0 Å². The summed E-state index contributed by atoms with van der Waals surface area (Å²) in [5.41, 5.74) is 3.12. The van der Waals surface area contributed by atoms with E-state index in [1.54, 1.807) is 19.1 Å². The van der Waals surface area contributed by atoms with E-state index in [9.17, 15) is 9.59 Å². The molecule has 25 heavy (non-hydrogen) atoms. The second-order valence-corrected chi connectivity index (χ2v) is 7.32. The summed E-state index contributed by atoms with van der Waals surface area (Å²) in [7, 11) is 0. The molecule has 1 amide bonds. The number of aryl methyl sites for hydroxylation is 1. The van der Waals surface area contributed by atoms with E-state index in [1.807, 2.05) is 0 Å². The topological polar surface area (TPSA) is 65.2 Å². The highest BCUT2D eigenvalue weighted by atomic mass is 16.2. The van der Waals surface area contributed by atoms with Crippen molar-refractivity contribution in [1.82, 2.24) is 15.2 Å². The molecule has 2 N–H and O–H groups in total. The third kappa shape index (κ3) is 3.82. The molecule has 0 fully saturated rings. The summed E-state index contributed by atoms with van der Waals surface area (Å²) in [5.74, 6) is -0.327. The minimum absolute atomic E-state index is 0.158. The number of amides is 1. The van der Waals surface area contributed by atoms with Crippen LogP contribution in [0.3, 0.4) is 0 Å². The molecule has 0 atom stereocenters. The van der Waals surface area contributed by atoms with Crippen molar-refractivity contribution < 1.29 is 4.79 Å². The minimum Gasteiger partial charge on any atom is -0.350 e. The molecule has 0 radical (unpaired) electrons. The van der Waals surface area contributed by atoms with Gasteiger partial charge in [0.2, 0.25) is 0 Å². The molecule has 1 aliphatic rings. The third-order valence-corrected chi connectivity index (χ3v) is 4.97. The molecule has 1 aromatic carbocycles. The summed E-state index contributed by atoms with van der Waals surface area (Å²) in [6.07, 6.45) is 1.02. The molecular weight excluding hydrogens is 314 g/mol. The first-order valence-corrected chi connectivity index (χ1v) is 8.67. The molecule has 0 aliphatic carbocycles. The van der Waals surface area contributed by atoms with Crippen LogP contribution in [0.4, 0.5) is 0 Å². The van der Waals surface area contributed by atoms with Crippen LogP contribution in [-0.2, 0) is 13.0 Å². The van der Waals surface area contributed by atoms with E-state index in [2.05, 4.69) is 53.3 Å². The van der Waals surface area contributed by atoms with Gasteiger partial charge in [0, 0.05) is 30.9 Å². The number of carbonyl (C=O) groups excluding carboxylic acids is 1. The number of H-pyrrole nitrogens is 1. The summed E-state index contributed by atoms with van der Waals surface area (Å²) >= 11 is 0. The van der Waals surface area contributed by atoms with Crippen LogP contribution in [0, 0.1) is 6.92 Å². The number of aromatic nitrogens is 1. The van der Waals surface area contributed by atoms with Crippen molar-refractivity contribution in [2.75, 3.05) is 13.1 Å². The number of carbonyl (C=O) groups is 1. The molecule has 5 nitrogen and oxygen atoms in total. The number of aromatic amines is 1. The predicted octanol–water partition coefficient (Wildman–Crippen LogP) is 2.25. The molecule has 2 aromatic rings. The maximum Gasteiger partial charge on any atom is 0.260 e. The Morgan fingerprint density at radius 1 is 1.20 bits per heavy atom. The van der Waals surface area contributed by atoms with Gasteiger partial charge in [-0.25, -0.2) is 0 Å². The Bertz CT molecular complexity index is 839. The van der Waals surface area contributed by atoms with E-state index < -0.39 is 0 Å². The average molecular weight is 339 g/mol. The zero-order valence-corrected chi connectivity index (χ0v) is 15.1. The van der Waals surface area contributed by atoms with Gasteiger partial charge in [-0.05, 0) is 50.5 Å². The summed E-state index contributed by atoms with van der Waals surface area (Å²) in [5, 5.41) is 2.92. The summed E-state index contributed by atoms with van der Waals surface area (Å²) < 4.78 is 0. The number of benzene rings is 1. The van der Waals surface area contributed by atoms with Crippen LogP contribution in [0.15, 0.2) is 41.2 Å². The Hall–Kier alpha value is -2.40. The fourth-order valence-electron chi connectivity index (χ4n) is 3.27. The van der Waals surface area contributed by atoms with Crippen molar-refractivity contribution in [1.29, 1.82) is 0 Å². The first-order valence-electron chi connectivity index (χ1n) is 8.67.